The van der Waals surface area contributed by atoms with Crippen molar-refractivity contribution in [2.24, 2.45) is 7.05 Å². The van der Waals surface area contributed by atoms with Crippen molar-refractivity contribution in [2.75, 3.05) is 0 Å². The number of tetrazole rings is 1. The minimum Gasteiger partial charge on any atom is -0.285 e. The Labute approximate surface area is 76.0 Å². The maximum absolute atomic E-state index is 4.13. The third-order valence-electron chi connectivity index (χ3n) is 1.97. The first-order valence-electron chi connectivity index (χ1n) is 4.08. The van der Waals surface area contributed by atoms with Gasteiger partial charge in [-0.2, -0.15) is 4.80 Å². The molecule has 0 aromatic carbocycles. The van der Waals surface area contributed by atoms with Crippen molar-refractivity contribution in [3.05, 3.63) is 23.5 Å². The minimum absolute atomic E-state index is 0.627. The predicted octanol–water partition coefficient (Wildman–Crippen LogP) is 0.618. The van der Waals surface area contributed by atoms with Crippen molar-refractivity contribution in [2.45, 2.75) is 13.8 Å². The van der Waals surface area contributed by atoms with E-state index in [4.69, 9.17) is 0 Å². The molecule has 0 saturated heterocycles. The molecule has 0 unspecified atom stereocenters. The van der Waals surface area contributed by atoms with Crippen LogP contribution in [0.15, 0.2) is 12.1 Å². The van der Waals surface area contributed by atoms with Gasteiger partial charge in [0.25, 0.3) is 5.95 Å². The molecule has 2 aromatic heterocycles. The molecule has 0 N–H and O–H groups in total. The topological polar surface area (TPSA) is 48.5 Å². The maximum atomic E-state index is 4.13. The zero-order valence-corrected chi connectivity index (χ0v) is 7.89. The van der Waals surface area contributed by atoms with E-state index >= 15 is 0 Å². The van der Waals surface area contributed by atoms with Gasteiger partial charge < -0.3 is 0 Å². The van der Waals surface area contributed by atoms with Gasteiger partial charge in [0.1, 0.15) is 0 Å². The fourth-order valence-electron chi connectivity index (χ4n) is 1.35. The molecule has 0 saturated carbocycles. The van der Waals surface area contributed by atoms with E-state index in [9.17, 15) is 0 Å². The van der Waals surface area contributed by atoms with Crippen molar-refractivity contribution in [1.29, 1.82) is 0 Å². The van der Waals surface area contributed by atoms with E-state index < -0.39 is 0 Å². The molecule has 2 rings (SSSR count). The quantitative estimate of drug-likeness (QED) is 0.641. The molecule has 0 radical (unpaired) electrons. The van der Waals surface area contributed by atoms with Crippen LogP contribution in [0.5, 0.6) is 0 Å². The molecule has 5 heteroatoms. The van der Waals surface area contributed by atoms with Crippen LogP contribution in [-0.4, -0.2) is 24.8 Å². The molecule has 0 spiro atoms. The molecular formula is C8H11N5. The van der Waals surface area contributed by atoms with Crippen LogP contribution in [0.2, 0.25) is 0 Å². The molecule has 0 amide bonds. The molecular weight excluding hydrogens is 166 g/mol. The fourth-order valence-corrected chi connectivity index (χ4v) is 1.35. The van der Waals surface area contributed by atoms with Gasteiger partial charge in [0.05, 0.1) is 7.05 Å². The molecule has 13 heavy (non-hydrogen) atoms. The summed E-state index contributed by atoms with van der Waals surface area (Å²) in [7, 11) is 1.75. The van der Waals surface area contributed by atoms with Crippen molar-refractivity contribution < 1.29 is 0 Å². The van der Waals surface area contributed by atoms with Gasteiger partial charge in [-0.1, -0.05) is 5.10 Å². The first-order chi connectivity index (χ1) is 6.18. The lowest BCUT2D eigenvalue weighted by molar-refractivity contribution is 0.628. The summed E-state index contributed by atoms with van der Waals surface area (Å²) in [6, 6.07) is 4.07. The second-order valence-electron chi connectivity index (χ2n) is 3.03. The van der Waals surface area contributed by atoms with Crippen LogP contribution < -0.4 is 0 Å². The number of rotatable bonds is 1. The fraction of sp³-hybridized carbons (Fsp3) is 0.375. The maximum Gasteiger partial charge on any atom is 0.274 e. The molecule has 2 heterocycles. The summed E-state index contributed by atoms with van der Waals surface area (Å²) in [4.78, 5) is 1.45. The van der Waals surface area contributed by atoms with Gasteiger partial charge in [0, 0.05) is 11.4 Å². The lowest BCUT2D eigenvalue weighted by Crippen LogP contribution is -2.01. The summed E-state index contributed by atoms with van der Waals surface area (Å²) in [5.41, 5.74) is 2.23. The van der Waals surface area contributed by atoms with E-state index in [0.29, 0.717) is 5.95 Å². The largest absolute Gasteiger partial charge is 0.285 e. The Bertz CT molecular complexity index is 406. The zero-order chi connectivity index (χ0) is 9.42. The van der Waals surface area contributed by atoms with Gasteiger partial charge in [-0.15, -0.1) is 5.10 Å². The lowest BCUT2D eigenvalue weighted by Gasteiger charge is -2.01. The summed E-state index contributed by atoms with van der Waals surface area (Å²) in [5.74, 6) is 0.627. The first-order valence-corrected chi connectivity index (χ1v) is 4.08. The molecule has 68 valence electrons. The van der Waals surface area contributed by atoms with Crippen LogP contribution in [0.3, 0.4) is 0 Å². The first kappa shape index (κ1) is 7.97. The van der Waals surface area contributed by atoms with E-state index in [0.717, 1.165) is 11.4 Å². The van der Waals surface area contributed by atoms with Gasteiger partial charge in [-0.3, -0.25) is 4.57 Å². The highest BCUT2D eigenvalue weighted by molar-refractivity contribution is 5.24. The van der Waals surface area contributed by atoms with Crippen LogP contribution in [0.1, 0.15) is 11.4 Å². The van der Waals surface area contributed by atoms with E-state index in [2.05, 4.69) is 15.4 Å². The average molecular weight is 177 g/mol. The highest BCUT2D eigenvalue weighted by Gasteiger charge is 2.07. The minimum atomic E-state index is 0.627. The Morgan fingerprint density at radius 3 is 2.23 bits per heavy atom. The summed E-state index contributed by atoms with van der Waals surface area (Å²) in [5, 5.41) is 11.9. The molecule has 5 nitrogen and oxygen atoms in total. The molecule has 0 aliphatic rings. The second-order valence-corrected chi connectivity index (χ2v) is 3.03. The van der Waals surface area contributed by atoms with Gasteiger partial charge >= 0.3 is 0 Å². The third-order valence-corrected chi connectivity index (χ3v) is 1.97. The monoisotopic (exact) mass is 177 g/mol. The summed E-state index contributed by atoms with van der Waals surface area (Å²) >= 11 is 0. The molecule has 0 bridgehead atoms. The standard InChI is InChI=1S/C8H11N5/c1-6-4-5-7(2)13(6)8-9-11-12(3)10-8/h4-5H,1-3H3. The predicted molar refractivity (Wildman–Crippen MR) is 47.6 cm³/mol. The summed E-state index contributed by atoms with van der Waals surface area (Å²) < 4.78 is 1.97. The van der Waals surface area contributed by atoms with E-state index in [1.54, 1.807) is 7.05 Å². The highest BCUT2D eigenvalue weighted by atomic mass is 15.6. The van der Waals surface area contributed by atoms with Crippen LogP contribution in [0.4, 0.5) is 0 Å². The average Bonchev–Trinajstić information content (AvgIpc) is 2.60. The van der Waals surface area contributed by atoms with Gasteiger partial charge in [0.15, 0.2) is 0 Å². The van der Waals surface area contributed by atoms with Gasteiger partial charge in [-0.05, 0) is 31.2 Å². The normalized spacial score (nSPS) is 10.7. The van der Waals surface area contributed by atoms with Crippen LogP contribution in [0.25, 0.3) is 5.95 Å². The van der Waals surface area contributed by atoms with Crippen molar-refractivity contribution in [3.63, 3.8) is 0 Å². The molecule has 0 aliphatic carbocycles. The van der Waals surface area contributed by atoms with E-state index in [-0.39, 0.29) is 0 Å². The third kappa shape index (κ3) is 1.22. The number of hydrogen-bond donors (Lipinski definition) is 0. The summed E-state index contributed by atoms with van der Waals surface area (Å²) in [6.45, 7) is 4.03. The van der Waals surface area contributed by atoms with Crippen LogP contribution in [0, 0.1) is 13.8 Å². The van der Waals surface area contributed by atoms with Crippen molar-refractivity contribution in [1.82, 2.24) is 24.8 Å². The molecule has 0 atom stereocenters. The number of nitrogens with zero attached hydrogens (tertiary/aromatic N) is 5. The van der Waals surface area contributed by atoms with Crippen LogP contribution >= 0.6 is 0 Å². The Morgan fingerprint density at radius 1 is 1.15 bits per heavy atom. The van der Waals surface area contributed by atoms with E-state index in [1.165, 1.54) is 4.80 Å². The van der Waals surface area contributed by atoms with Gasteiger partial charge in [0.2, 0.25) is 0 Å². The highest BCUT2D eigenvalue weighted by Crippen LogP contribution is 2.10. The molecule has 0 aliphatic heterocycles. The van der Waals surface area contributed by atoms with Crippen molar-refractivity contribution in [3.8, 4) is 5.95 Å². The Kier molecular flexibility index (Phi) is 1.65. The summed E-state index contributed by atoms with van der Waals surface area (Å²) in [6.07, 6.45) is 0. The Morgan fingerprint density at radius 2 is 1.77 bits per heavy atom. The molecule has 2 aromatic rings. The van der Waals surface area contributed by atoms with E-state index in [1.807, 2.05) is 30.5 Å². The Hall–Kier alpha value is -1.65. The SMILES string of the molecule is Cc1ccc(C)n1-c1nnn(C)n1. The van der Waals surface area contributed by atoms with Crippen molar-refractivity contribution >= 4 is 0 Å². The smallest absolute Gasteiger partial charge is 0.274 e. The number of hydrogen-bond acceptors (Lipinski definition) is 3. The Balaban J connectivity index is 2.57. The molecule has 0 fully saturated rings. The van der Waals surface area contributed by atoms with Crippen LogP contribution in [-0.2, 0) is 7.05 Å². The lowest BCUT2D eigenvalue weighted by atomic mass is 10.5. The number of aromatic nitrogens is 5. The second kappa shape index (κ2) is 2.69. The van der Waals surface area contributed by atoms with Gasteiger partial charge in [-0.25, -0.2) is 0 Å². The number of aryl methyl sites for hydroxylation is 3. The zero-order valence-electron chi connectivity index (χ0n) is 7.89.